The summed E-state index contributed by atoms with van der Waals surface area (Å²) in [6.07, 6.45) is 2.76. The van der Waals surface area contributed by atoms with Gasteiger partial charge in [-0.1, -0.05) is 13.8 Å². The third kappa shape index (κ3) is 4.34. The fourth-order valence-corrected chi connectivity index (χ4v) is 11.1. The van der Waals surface area contributed by atoms with Crippen LogP contribution in [0.15, 0.2) is 11.8 Å². The molecule has 0 aromatic rings. The van der Waals surface area contributed by atoms with E-state index < -0.39 is 29.2 Å². The van der Waals surface area contributed by atoms with Gasteiger partial charge in [-0.25, -0.2) is 0 Å². The van der Waals surface area contributed by atoms with Gasteiger partial charge >= 0.3 is 0 Å². The van der Waals surface area contributed by atoms with Crippen LogP contribution in [0.3, 0.4) is 0 Å². The van der Waals surface area contributed by atoms with E-state index in [9.17, 15) is 4.57 Å². The Labute approximate surface area is 133 Å². The Kier molecular flexibility index (Phi) is 4.90. The van der Waals surface area contributed by atoms with E-state index in [4.69, 9.17) is 8.64 Å². The quantitative estimate of drug-likeness (QED) is 0.475. The van der Waals surface area contributed by atoms with Crippen molar-refractivity contribution in [3.63, 3.8) is 0 Å². The molecular formula is C15H33O3PSi2. The fraction of sp³-hybridized carbons (Fsp3) is 0.867. The van der Waals surface area contributed by atoms with E-state index in [1.165, 1.54) is 0 Å². The largest absolute Gasteiger partial charge is 0.548 e. The zero-order chi connectivity index (χ0) is 16.9. The minimum absolute atomic E-state index is 0.388. The number of hydrogen-bond acceptors (Lipinski definition) is 3. The van der Waals surface area contributed by atoms with Crippen LogP contribution in [0, 0.1) is 0 Å². The van der Waals surface area contributed by atoms with E-state index in [2.05, 4.69) is 59.2 Å². The third-order valence-corrected chi connectivity index (χ3v) is 11.0. The van der Waals surface area contributed by atoms with Crippen LogP contribution in [0.2, 0.25) is 39.3 Å². The zero-order valence-electron chi connectivity index (χ0n) is 15.5. The Morgan fingerprint density at radius 1 is 1.00 bits per heavy atom. The van der Waals surface area contributed by atoms with Gasteiger partial charge in [-0.15, -0.1) is 0 Å². The topological polar surface area (TPSA) is 35.5 Å². The molecule has 1 atom stereocenters. The minimum atomic E-state index is -2.82. The van der Waals surface area contributed by atoms with Crippen molar-refractivity contribution in [3.05, 3.63) is 11.8 Å². The summed E-state index contributed by atoms with van der Waals surface area (Å²) in [5, 5.41) is -0.871. The summed E-state index contributed by atoms with van der Waals surface area (Å²) < 4.78 is 26.3. The van der Waals surface area contributed by atoms with E-state index in [-0.39, 0.29) is 5.16 Å². The smallest absolute Gasteiger partial charge is 0.241 e. The lowest BCUT2D eigenvalue weighted by Crippen LogP contribution is -2.43. The van der Waals surface area contributed by atoms with Crippen LogP contribution in [0.4, 0.5) is 0 Å². The Morgan fingerprint density at radius 3 is 1.81 bits per heavy atom. The van der Waals surface area contributed by atoms with Crippen molar-refractivity contribution in [1.29, 1.82) is 0 Å². The highest BCUT2D eigenvalue weighted by atomic mass is 31.2. The number of rotatable bonds is 4. The first-order valence-corrected chi connectivity index (χ1v) is 16.2. The first kappa shape index (κ1) is 19.2. The molecule has 0 radical (unpaired) electrons. The Hall–Kier alpha value is 0.164. The monoisotopic (exact) mass is 348 g/mol. The molecule has 0 saturated carbocycles. The van der Waals surface area contributed by atoms with Crippen LogP contribution in [0.25, 0.3) is 0 Å². The molecule has 6 heteroatoms. The molecule has 1 unspecified atom stereocenters. The molecule has 0 bridgehead atoms. The summed E-state index contributed by atoms with van der Waals surface area (Å²) in [6.45, 7) is 21.1. The van der Waals surface area contributed by atoms with E-state index in [1.54, 1.807) is 0 Å². The van der Waals surface area contributed by atoms with Gasteiger partial charge in [-0.05, 0) is 59.2 Å². The lowest BCUT2D eigenvalue weighted by Gasteiger charge is -2.49. The number of allylic oxidation sites excluding steroid dienone is 2. The molecule has 124 valence electrons. The van der Waals surface area contributed by atoms with Crippen molar-refractivity contribution in [1.82, 2.24) is 0 Å². The van der Waals surface area contributed by atoms with Crippen LogP contribution in [-0.2, 0) is 13.2 Å². The lowest BCUT2D eigenvalue weighted by molar-refractivity contribution is 0.339. The molecule has 0 N–H and O–H groups in total. The van der Waals surface area contributed by atoms with Crippen molar-refractivity contribution in [2.24, 2.45) is 0 Å². The predicted octanol–water partition coefficient (Wildman–Crippen LogP) is 5.81. The highest BCUT2D eigenvalue weighted by Crippen LogP contribution is 2.73. The van der Waals surface area contributed by atoms with Gasteiger partial charge in [0, 0.05) is 11.6 Å². The molecule has 0 spiro atoms. The van der Waals surface area contributed by atoms with E-state index in [1.807, 2.05) is 13.8 Å². The summed E-state index contributed by atoms with van der Waals surface area (Å²) in [7, 11) is -6.36. The average Bonchev–Trinajstić information content (AvgIpc) is 2.07. The molecule has 0 aromatic carbocycles. The van der Waals surface area contributed by atoms with E-state index >= 15 is 0 Å². The van der Waals surface area contributed by atoms with Gasteiger partial charge in [0.15, 0.2) is 8.32 Å². The van der Waals surface area contributed by atoms with Gasteiger partial charge in [-0.2, -0.15) is 0 Å². The van der Waals surface area contributed by atoms with Crippen molar-refractivity contribution < 1.29 is 13.2 Å². The minimum Gasteiger partial charge on any atom is -0.548 e. The van der Waals surface area contributed by atoms with E-state index in [0.29, 0.717) is 6.42 Å². The van der Waals surface area contributed by atoms with Crippen molar-refractivity contribution in [2.75, 3.05) is 0 Å². The fourth-order valence-electron chi connectivity index (χ4n) is 2.93. The Balaban J connectivity index is 3.29. The van der Waals surface area contributed by atoms with Gasteiger partial charge in [0.05, 0.1) is 10.9 Å². The second-order valence-electron chi connectivity index (χ2n) is 9.22. The summed E-state index contributed by atoms with van der Waals surface area (Å²) in [6, 6.07) is 0. The summed E-state index contributed by atoms with van der Waals surface area (Å²) in [4.78, 5) is 0. The van der Waals surface area contributed by atoms with Crippen LogP contribution in [-0.4, -0.2) is 26.9 Å². The third-order valence-electron chi connectivity index (χ3n) is 3.52. The standard InChI is InChI=1S/C15H33O3PSi2/c1-14(2)11-13(17-20(5,6)7)12-15(3,4)19(14,16)18-21(8,9)10/h11H,12H2,1-10H3. The highest BCUT2D eigenvalue weighted by Gasteiger charge is 2.56. The molecule has 0 fully saturated rings. The predicted molar refractivity (Wildman–Crippen MR) is 97.3 cm³/mol. The molecule has 0 saturated heterocycles. The van der Waals surface area contributed by atoms with Crippen molar-refractivity contribution >= 4 is 24.0 Å². The maximum atomic E-state index is 13.8. The van der Waals surface area contributed by atoms with Gasteiger partial charge in [-0.3, -0.25) is 4.57 Å². The zero-order valence-corrected chi connectivity index (χ0v) is 18.4. The molecular weight excluding hydrogens is 315 g/mol. The summed E-state index contributed by atoms with van der Waals surface area (Å²) in [5.74, 6) is 0.995. The molecule has 1 aliphatic heterocycles. The summed E-state index contributed by atoms with van der Waals surface area (Å²) in [5.41, 5.74) is 0. The lowest BCUT2D eigenvalue weighted by atomic mass is 10.0. The van der Waals surface area contributed by atoms with Gasteiger partial charge in [0.1, 0.15) is 0 Å². The molecule has 0 aromatic heterocycles. The Bertz CT molecular complexity index is 482. The van der Waals surface area contributed by atoms with Crippen LogP contribution in [0.5, 0.6) is 0 Å². The van der Waals surface area contributed by atoms with Gasteiger partial charge in [0.2, 0.25) is 15.7 Å². The van der Waals surface area contributed by atoms with Crippen LogP contribution < -0.4 is 0 Å². The normalized spacial score (nSPS) is 29.0. The highest BCUT2D eigenvalue weighted by molar-refractivity contribution is 7.64. The molecule has 1 heterocycles. The molecule has 3 nitrogen and oxygen atoms in total. The Morgan fingerprint density at radius 2 is 1.48 bits per heavy atom. The second-order valence-corrected chi connectivity index (χ2v) is 22.1. The molecule has 0 aliphatic carbocycles. The van der Waals surface area contributed by atoms with Crippen LogP contribution in [0.1, 0.15) is 34.1 Å². The van der Waals surface area contributed by atoms with Gasteiger partial charge < -0.3 is 8.64 Å². The molecule has 1 rings (SSSR count). The second kappa shape index (κ2) is 5.36. The summed E-state index contributed by atoms with van der Waals surface area (Å²) >= 11 is 0. The SMILES string of the molecule is CC1(C)C=C(O[Si](C)(C)C)CC(C)(C)P1(=O)O[Si](C)(C)C. The van der Waals surface area contributed by atoms with Gasteiger partial charge in [0.25, 0.3) is 0 Å². The molecule has 21 heavy (non-hydrogen) atoms. The number of hydrogen-bond donors (Lipinski definition) is 0. The first-order chi connectivity index (χ1) is 8.99. The van der Waals surface area contributed by atoms with Crippen molar-refractivity contribution in [2.45, 2.75) is 83.7 Å². The van der Waals surface area contributed by atoms with Crippen LogP contribution >= 0.6 is 7.37 Å². The molecule has 0 amide bonds. The van der Waals surface area contributed by atoms with E-state index in [0.717, 1.165) is 5.76 Å². The average molecular weight is 349 g/mol. The molecule has 1 aliphatic rings. The van der Waals surface area contributed by atoms with Crippen molar-refractivity contribution in [3.8, 4) is 0 Å². The maximum absolute atomic E-state index is 13.8. The first-order valence-electron chi connectivity index (χ1n) is 7.71. The maximum Gasteiger partial charge on any atom is 0.241 e.